The molecule has 0 saturated heterocycles. The van der Waals surface area contributed by atoms with Gasteiger partial charge in [-0.05, 0) is 29.8 Å². The molecule has 0 radical (unpaired) electrons. The van der Waals surface area contributed by atoms with Gasteiger partial charge in [0.15, 0.2) is 11.6 Å². The third-order valence-electron chi connectivity index (χ3n) is 2.99. The fourth-order valence-corrected chi connectivity index (χ4v) is 2.00. The van der Waals surface area contributed by atoms with E-state index in [9.17, 15) is 13.9 Å². The van der Waals surface area contributed by atoms with Gasteiger partial charge < -0.3 is 15.2 Å². The molecule has 0 fully saturated rings. The van der Waals surface area contributed by atoms with Crippen LogP contribution in [-0.4, -0.2) is 18.8 Å². The molecule has 0 aromatic heterocycles. The van der Waals surface area contributed by atoms with E-state index in [1.807, 2.05) is 0 Å². The van der Waals surface area contributed by atoms with E-state index >= 15 is 0 Å². The SMILES string of the molecule is COc1ccc(Cl)c(NCC(O)c2ccc(F)c(F)c2)c1. The molecule has 0 heterocycles. The van der Waals surface area contributed by atoms with Gasteiger partial charge in [-0.25, -0.2) is 8.78 Å². The Morgan fingerprint density at radius 2 is 1.95 bits per heavy atom. The largest absolute Gasteiger partial charge is 0.497 e. The van der Waals surface area contributed by atoms with Crippen molar-refractivity contribution in [3.05, 3.63) is 58.6 Å². The second-order valence-corrected chi connectivity index (χ2v) is 4.82. The number of anilines is 1. The first-order valence-corrected chi connectivity index (χ1v) is 6.59. The standard InChI is InChI=1S/C15H14ClF2NO2/c1-21-10-3-4-11(16)14(7-10)19-8-15(20)9-2-5-12(17)13(18)6-9/h2-7,15,19-20H,8H2,1H3. The van der Waals surface area contributed by atoms with Gasteiger partial charge in [0, 0.05) is 12.6 Å². The number of ether oxygens (including phenoxy) is 1. The van der Waals surface area contributed by atoms with Crippen molar-refractivity contribution in [2.45, 2.75) is 6.10 Å². The summed E-state index contributed by atoms with van der Waals surface area (Å²) in [6.45, 7) is 0.0952. The van der Waals surface area contributed by atoms with E-state index in [-0.39, 0.29) is 12.1 Å². The summed E-state index contributed by atoms with van der Waals surface area (Å²) in [5.74, 6) is -1.33. The number of hydrogen-bond acceptors (Lipinski definition) is 3. The summed E-state index contributed by atoms with van der Waals surface area (Å²) in [4.78, 5) is 0. The summed E-state index contributed by atoms with van der Waals surface area (Å²) in [5.41, 5.74) is 0.859. The molecule has 0 spiro atoms. The molecule has 21 heavy (non-hydrogen) atoms. The fourth-order valence-electron chi connectivity index (χ4n) is 1.81. The lowest BCUT2D eigenvalue weighted by molar-refractivity contribution is 0.191. The zero-order chi connectivity index (χ0) is 15.4. The average molecular weight is 314 g/mol. The molecule has 6 heteroatoms. The zero-order valence-electron chi connectivity index (χ0n) is 11.2. The summed E-state index contributed by atoms with van der Waals surface area (Å²) in [6.07, 6.45) is -0.998. The molecule has 0 aliphatic rings. The van der Waals surface area contributed by atoms with Gasteiger partial charge in [-0.15, -0.1) is 0 Å². The van der Waals surface area contributed by atoms with Crippen molar-refractivity contribution in [3.63, 3.8) is 0 Å². The molecule has 1 unspecified atom stereocenters. The van der Waals surface area contributed by atoms with Crippen LogP contribution in [0.25, 0.3) is 0 Å². The Balaban J connectivity index is 2.06. The molecule has 2 N–H and O–H groups in total. The molecule has 0 aliphatic heterocycles. The predicted octanol–water partition coefficient (Wildman–Crippen LogP) is 3.77. The molecule has 2 rings (SSSR count). The summed E-state index contributed by atoms with van der Waals surface area (Å²) < 4.78 is 31.0. The number of nitrogens with one attached hydrogen (secondary N) is 1. The van der Waals surface area contributed by atoms with E-state index in [0.717, 1.165) is 12.1 Å². The van der Waals surface area contributed by atoms with Gasteiger partial charge in [0.1, 0.15) is 5.75 Å². The predicted molar refractivity (Wildman–Crippen MR) is 77.8 cm³/mol. The monoisotopic (exact) mass is 313 g/mol. The summed E-state index contributed by atoms with van der Waals surface area (Å²) in [6, 6.07) is 8.32. The molecular weight excluding hydrogens is 300 g/mol. The normalized spacial score (nSPS) is 12.0. The van der Waals surface area contributed by atoms with Gasteiger partial charge in [0.25, 0.3) is 0 Å². The minimum absolute atomic E-state index is 0.0952. The maximum atomic E-state index is 13.1. The third-order valence-corrected chi connectivity index (χ3v) is 3.32. The molecule has 0 amide bonds. The van der Waals surface area contributed by atoms with Crippen molar-refractivity contribution in [3.8, 4) is 5.75 Å². The maximum absolute atomic E-state index is 13.1. The minimum Gasteiger partial charge on any atom is -0.497 e. The highest BCUT2D eigenvalue weighted by molar-refractivity contribution is 6.33. The van der Waals surface area contributed by atoms with E-state index in [0.29, 0.717) is 16.5 Å². The Kier molecular flexibility index (Phi) is 4.98. The number of methoxy groups -OCH3 is 1. The minimum atomic E-state index is -0.998. The van der Waals surface area contributed by atoms with Gasteiger partial charge in [-0.2, -0.15) is 0 Å². The van der Waals surface area contributed by atoms with Crippen LogP contribution in [0.4, 0.5) is 14.5 Å². The van der Waals surface area contributed by atoms with Crippen LogP contribution in [0.1, 0.15) is 11.7 Å². The number of benzene rings is 2. The van der Waals surface area contributed by atoms with Gasteiger partial charge in [-0.3, -0.25) is 0 Å². The molecule has 0 saturated carbocycles. The first-order valence-electron chi connectivity index (χ1n) is 6.21. The highest BCUT2D eigenvalue weighted by Crippen LogP contribution is 2.27. The highest BCUT2D eigenvalue weighted by Gasteiger charge is 2.12. The molecule has 3 nitrogen and oxygen atoms in total. The Hall–Kier alpha value is -1.85. The summed E-state index contributed by atoms with van der Waals surface area (Å²) in [7, 11) is 1.53. The van der Waals surface area contributed by atoms with Crippen LogP contribution >= 0.6 is 11.6 Å². The van der Waals surface area contributed by atoms with Crippen LogP contribution in [0.5, 0.6) is 5.75 Å². The Bertz CT molecular complexity index is 637. The lowest BCUT2D eigenvalue weighted by Gasteiger charge is -2.15. The van der Waals surface area contributed by atoms with E-state index in [4.69, 9.17) is 16.3 Å². The van der Waals surface area contributed by atoms with Crippen molar-refractivity contribution in [1.82, 2.24) is 0 Å². The van der Waals surface area contributed by atoms with Gasteiger partial charge in [0.05, 0.1) is 23.9 Å². The van der Waals surface area contributed by atoms with Crippen LogP contribution in [0.15, 0.2) is 36.4 Å². The Morgan fingerprint density at radius 1 is 1.19 bits per heavy atom. The average Bonchev–Trinajstić information content (AvgIpc) is 2.49. The van der Waals surface area contributed by atoms with E-state index < -0.39 is 17.7 Å². The van der Waals surface area contributed by atoms with Crippen LogP contribution in [0.2, 0.25) is 5.02 Å². The van der Waals surface area contributed by atoms with Crippen LogP contribution in [-0.2, 0) is 0 Å². The number of rotatable bonds is 5. The van der Waals surface area contributed by atoms with Crippen molar-refractivity contribution in [2.75, 3.05) is 19.0 Å². The molecule has 0 bridgehead atoms. The quantitative estimate of drug-likeness (QED) is 0.883. The molecule has 1 atom stereocenters. The van der Waals surface area contributed by atoms with Gasteiger partial charge in [0.2, 0.25) is 0 Å². The smallest absolute Gasteiger partial charge is 0.159 e. The van der Waals surface area contributed by atoms with Crippen molar-refractivity contribution < 1.29 is 18.6 Å². The van der Waals surface area contributed by atoms with Gasteiger partial charge >= 0.3 is 0 Å². The second-order valence-electron chi connectivity index (χ2n) is 4.42. The maximum Gasteiger partial charge on any atom is 0.159 e. The lowest BCUT2D eigenvalue weighted by atomic mass is 10.1. The van der Waals surface area contributed by atoms with Crippen LogP contribution in [0.3, 0.4) is 0 Å². The lowest BCUT2D eigenvalue weighted by Crippen LogP contribution is -2.13. The van der Waals surface area contributed by atoms with Crippen molar-refractivity contribution in [2.24, 2.45) is 0 Å². The number of hydrogen-bond donors (Lipinski definition) is 2. The summed E-state index contributed by atoms with van der Waals surface area (Å²) in [5, 5.41) is 13.4. The van der Waals surface area contributed by atoms with Crippen LogP contribution < -0.4 is 10.1 Å². The molecule has 0 aliphatic carbocycles. The molecular formula is C15H14ClF2NO2. The second kappa shape index (κ2) is 6.74. The van der Waals surface area contributed by atoms with E-state index in [1.54, 1.807) is 18.2 Å². The topological polar surface area (TPSA) is 41.5 Å². The molecule has 2 aromatic rings. The first-order chi connectivity index (χ1) is 10.0. The highest BCUT2D eigenvalue weighted by atomic mass is 35.5. The molecule has 112 valence electrons. The Morgan fingerprint density at radius 3 is 2.62 bits per heavy atom. The van der Waals surface area contributed by atoms with Gasteiger partial charge in [-0.1, -0.05) is 17.7 Å². The zero-order valence-corrected chi connectivity index (χ0v) is 12.0. The number of halogens is 3. The van der Waals surface area contributed by atoms with E-state index in [1.165, 1.54) is 13.2 Å². The van der Waals surface area contributed by atoms with E-state index in [2.05, 4.69) is 5.32 Å². The van der Waals surface area contributed by atoms with Crippen LogP contribution in [0, 0.1) is 11.6 Å². The number of aliphatic hydroxyl groups is 1. The third kappa shape index (κ3) is 3.83. The Labute approximate surface area is 126 Å². The van der Waals surface area contributed by atoms with Crippen molar-refractivity contribution in [1.29, 1.82) is 0 Å². The number of aliphatic hydroxyl groups excluding tert-OH is 1. The molecule has 2 aromatic carbocycles. The first kappa shape index (κ1) is 15.5. The van der Waals surface area contributed by atoms with Crippen molar-refractivity contribution >= 4 is 17.3 Å². The summed E-state index contributed by atoms with van der Waals surface area (Å²) >= 11 is 6.02. The fraction of sp³-hybridized carbons (Fsp3) is 0.200.